The SMILES string of the molecule is COC(=O)CN(CCCCCCNS(=O)(=O)c1ccccc1[N+](=O)[O-])c1nsc2nccn12. The van der Waals surface area contributed by atoms with Crippen molar-refractivity contribution in [1.29, 1.82) is 0 Å². The number of aromatic nitrogens is 3. The summed E-state index contributed by atoms with van der Waals surface area (Å²) < 4.78 is 38.2. The van der Waals surface area contributed by atoms with Gasteiger partial charge < -0.3 is 9.64 Å². The first-order valence-electron chi connectivity index (χ1n) is 10.2. The first-order chi connectivity index (χ1) is 15.8. The fourth-order valence-electron chi connectivity index (χ4n) is 3.22. The average Bonchev–Trinajstić information content (AvgIpc) is 3.41. The third-order valence-electron chi connectivity index (χ3n) is 4.86. The van der Waals surface area contributed by atoms with E-state index in [1.165, 1.54) is 36.8 Å². The average molecular weight is 497 g/mol. The Bertz CT molecular complexity index is 1210. The lowest BCUT2D eigenvalue weighted by Gasteiger charge is -2.20. The molecule has 0 fully saturated rings. The summed E-state index contributed by atoms with van der Waals surface area (Å²) in [4.78, 5) is 28.6. The Kier molecular flexibility index (Phi) is 8.30. The number of rotatable bonds is 13. The molecule has 0 saturated carbocycles. The monoisotopic (exact) mass is 496 g/mol. The lowest BCUT2D eigenvalue weighted by molar-refractivity contribution is -0.387. The van der Waals surface area contributed by atoms with E-state index in [0.717, 1.165) is 30.3 Å². The van der Waals surface area contributed by atoms with Gasteiger partial charge in [-0.3, -0.25) is 19.3 Å². The zero-order valence-electron chi connectivity index (χ0n) is 17.9. The highest BCUT2D eigenvalue weighted by Crippen LogP contribution is 2.23. The summed E-state index contributed by atoms with van der Waals surface area (Å²) in [5.41, 5.74) is -0.454. The number of anilines is 1. The van der Waals surface area contributed by atoms with Crippen molar-refractivity contribution in [3.05, 3.63) is 46.8 Å². The van der Waals surface area contributed by atoms with Gasteiger partial charge in [0.05, 0.1) is 12.0 Å². The lowest BCUT2D eigenvalue weighted by atomic mass is 10.2. The van der Waals surface area contributed by atoms with E-state index in [2.05, 4.69) is 14.1 Å². The summed E-state index contributed by atoms with van der Waals surface area (Å²) in [6.45, 7) is 0.791. The van der Waals surface area contributed by atoms with Crippen LogP contribution in [-0.2, 0) is 19.6 Å². The van der Waals surface area contributed by atoms with Crippen LogP contribution in [0.2, 0.25) is 0 Å². The molecule has 0 aliphatic rings. The van der Waals surface area contributed by atoms with E-state index < -0.39 is 20.6 Å². The molecule has 0 radical (unpaired) electrons. The maximum atomic E-state index is 12.4. The second-order valence-corrected chi connectivity index (χ2v) is 9.56. The molecule has 12 nitrogen and oxygen atoms in total. The van der Waals surface area contributed by atoms with Gasteiger partial charge in [0.25, 0.3) is 5.69 Å². The molecule has 1 aromatic carbocycles. The Morgan fingerprint density at radius 1 is 1.27 bits per heavy atom. The van der Waals surface area contributed by atoms with Crippen LogP contribution < -0.4 is 9.62 Å². The molecule has 0 unspecified atom stereocenters. The van der Waals surface area contributed by atoms with Crippen molar-refractivity contribution >= 4 is 44.1 Å². The number of esters is 1. The number of methoxy groups -OCH3 is 1. The van der Waals surface area contributed by atoms with E-state index in [-0.39, 0.29) is 24.0 Å². The molecular weight excluding hydrogens is 472 g/mol. The largest absolute Gasteiger partial charge is 0.468 e. The number of ether oxygens (including phenoxy) is 1. The molecule has 1 N–H and O–H groups in total. The minimum absolute atomic E-state index is 0.0587. The van der Waals surface area contributed by atoms with Crippen LogP contribution in [0.4, 0.5) is 11.6 Å². The van der Waals surface area contributed by atoms with E-state index in [1.807, 2.05) is 9.30 Å². The summed E-state index contributed by atoms with van der Waals surface area (Å²) in [7, 11) is -2.64. The minimum atomic E-state index is -3.97. The zero-order valence-corrected chi connectivity index (χ0v) is 19.5. The van der Waals surface area contributed by atoms with Gasteiger partial charge in [0, 0.05) is 43.1 Å². The molecule has 178 valence electrons. The van der Waals surface area contributed by atoms with Gasteiger partial charge in [-0.1, -0.05) is 25.0 Å². The molecule has 0 atom stereocenters. The number of nitrogens with zero attached hydrogens (tertiary/aromatic N) is 5. The van der Waals surface area contributed by atoms with E-state index >= 15 is 0 Å². The minimum Gasteiger partial charge on any atom is -0.468 e. The Hall–Kier alpha value is -3.10. The van der Waals surface area contributed by atoms with E-state index in [0.29, 0.717) is 18.9 Å². The maximum absolute atomic E-state index is 12.4. The number of sulfonamides is 1. The molecule has 3 aromatic rings. The Balaban J connectivity index is 1.47. The van der Waals surface area contributed by atoms with E-state index in [4.69, 9.17) is 4.74 Å². The van der Waals surface area contributed by atoms with Gasteiger partial charge in [-0.25, -0.2) is 18.1 Å². The second-order valence-electron chi connectivity index (χ2n) is 7.10. The quantitative estimate of drug-likeness (QED) is 0.163. The number of hydrogen-bond acceptors (Lipinski definition) is 10. The smallest absolute Gasteiger partial charge is 0.325 e. The van der Waals surface area contributed by atoms with Crippen molar-refractivity contribution in [1.82, 2.24) is 18.5 Å². The normalized spacial score (nSPS) is 11.5. The van der Waals surface area contributed by atoms with Crippen molar-refractivity contribution in [2.24, 2.45) is 0 Å². The molecular formula is C19H24N6O6S2. The summed E-state index contributed by atoms with van der Waals surface area (Å²) in [5.74, 6) is 0.246. The van der Waals surface area contributed by atoms with Crippen LogP contribution in [0.3, 0.4) is 0 Å². The number of hydrogen-bond donors (Lipinski definition) is 1. The van der Waals surface area contributed by atoms with Crippen LogP contribution in [0.1, 0.15) is 25.7 Å². The van der Waals surface area contributed by atoms with Gasteiger partial charge in [-0.15, -0.1) is 0 Å². The van der Waals surface area contributed by atoms with Crippen LogP contribution in [0.15, 0.2) is 41.6 Å². The highest BCUT2D eigenvalue weighted by atomic mass is 32.2. The molecule has 3 rings (SSSR count). The van der Waals surface area contributed by atoms with Crippen LogP contribution >= 0.6 is 11.5 Å². The van der Waals surface area contributed by atoms with Crippen molar-refractivity contribution in [2.45, 2.75) is 30.6 Å². The van der Waals surface area contributed by atoms with Gasteiger partial charge in [0.1, 0.15) is 6.54 Å². The molecule has 2 heterocycles. The number of nitrogens with one attached hydrogen (secondary N) is 1. The number of unbranched alkanes of at least 4 members (excludes halogenated alkanes) is 3. The van der Waals surface area contributed by atoms with Crippen LogP contribution in [0.5, 0.6) is 0 Å². The predicted molar refractivity (Wildman–Crippen MR) is 122 cm³/mol. The van der Waals surface area contributed by atoms with Crippen LogP contribution in [0.25, 0.3) is 4.96 Å². The fraction of sp³-hybridized carbons (Fsp3) is 0.421. The number of carbonyl (C=O) groups excluding carboxylic acids is 1. The van der Waals surface area contributed by atoms with Gasteiger partial charge in [-0.05, 0) is 18.9 Å². The van der Waals surface area contributed by atoms with Gasteiger partial charge in [0.15, 0.2) is 4.90 Å². The number of carbonyl (C=O) groups is 1. The third-order valence-corrected chi connectivity index (χ3v) is 7.09. The van der Waals surface area contributed by atoms with Crippen molar-refractivity contribution in [2.75, 3.05) is 31.6 Å². The van der Waals surface area contributed by atoms with Crippen molar-refractivity contribution in [3.63, 3.8) is 0 Å². The third kappa shape index (κ3) is 6.24. The number of para-hydroxylation sites is 1. The van der Waals surface area contributed by atoms with Gasteiger partial charge in [0.2, 0.25) is 20.9 Å². The van der Waals surface area contributed by atoms with E-state index in [9.17, 15) is 23.3 Å². The highest BCUT2D eigenvalue weighted by Gasteiger charge is 2.24. The summed E-state index contributed by atoms with van der Waals surface area (Å²) in [5, 5.41) is 11.1. The first-order valence-corrected chi connectivity index (χ1v) is 12.4. The number of imidazole rings is 1. The fourth-order valence-corrected chi connectivity index (χ4v) is 5.17. The van der Waals surface area contributed by atoms with E-state index in [1.54, 1.807) is 12.4 Å². The molecule has 0 aliphatic carbocycles. The summed E-state index contributed by atoms with van der Waals surface area (Å²) in [6.07, 6.45) is 6.30. The predicted octanol–water partition coefficient (Wildman–Crippen LogP) is 2.22. The first kappa shape index (κ1) is 24.5. The topological polar surface area (TPSA) is 149 Å². The molecule has 0 spiro atoms. The van der Waals surface area contributed by atoms with Gasteiger partial charge >= 0.3 is 5.97 Å². The standard InChI is InChI=1S/C19H24N6O6S2/c1-31-17(26)14-23(18-22-32-19-20-11-13-24(18)19)12-7-3-2-6-10-21-33(29,30)16-9-5-4-8-15(16)25(27)28/h4-5,8-9,11,13,21H,2-3,6-7,10,12,14H2,1H3. The van der Waals surface area contributed by atoms with Crippen molar-refractivity contribution in [3.8, 4) is 0 Å². The Morgan fingerprint density at radius 3 is 2.79 bits per heavy atom. The number of nitro groups is 1. The molecule has 14 heteroatoms. The second kappa shape index (κ2) is 11.2. The zero-order chi connectivity index (χ0) is 23.8. The maximum Gasteiger partial charge on any atom is 0.325 e. The molecule has 0 amide bonds. The summed E-state index contributed by atoms with van der Waals surface area (Å²) in [6, 6.07) is 5.24. The molecule has 0 aliphatic heterocycles. The number of fused-ring (bicyclic) bond motifs is 1. The van der Waals surface area contributed by atoms with Crippen LogP contribution in [0, 0.1) is 10.1 Å². The Labute approximate surface area is 194 Å². The molecule has 0 saturated heterocycles. The van der Waals surface area contributed by atoms with Gasteiger partial charge in [-0.2, -0.15) is 4.37 Å². The molecule has 2 aromatic heterocycles. The van der Waals surface area contributed by atoms with Crippen LogP contribution in [-0.4, -0.2) is 59.8 Å². The molecule has 0 bridgehead atoms. The highest BCUT2D eigenvalue weighted by molar-refractivity contribution is 7.89. The lowest BCUT2D eigenvalue weighted by Crippen LogP contribution is -2.33. The van der Waals surface area contributed by atoms with Crippen molar-refractivity contribution < 1.29 is 22.9 Å². The number of benzene rings is 1. The number of nitro benzene ring substituents is 1. The summed E-state index contributed by atoms with van der Waals surface area (Å²) >= 11 is 1.24. The molecule has 33 heavy (non-hydrogen) atoms. The Morgan fingerprint density at radius 2 is 2.03 bits per heavy atom.